The van der Waals surface area contributed by atoms with Gasteiger partial charge in [-0.15, -0.1) is 0 Å². The van der Waals surface area contributed by atoms with E-state index in [4.69, 9.17) is 11.6 Å². The van der Waals surface area contributed by atoms with Gasteiger partial charge in [-0.2, -0.15) is 0 Å². The third-order valence-electron chi connectivity index (χ3n) is 3.06. The number of pyridine rings is 1. The molecule has 0 aliphatic heterocycles. The molecule has 6 heteroatoms. The van der Waals surface area contributed by atoms with Crippen molar-refractivity contribution < 1.29 is 8.42 Å². The lowest BCUT2D eigenvalue weighted by molar-refractivity contribution is 0.601. The van der Waals surface area contributed by atoms with Crippen molar-refractivity contribution in [3.05, 3.63) is 65.9 Å². The number of rotatable bonds is 3. The highest BCUT2D eigenvalue weighted by Gasteiger charge is 2.18. The Balaban J connectivity index is 2.08. The molecule has 3 rings (SSSR count). The van der Waals surface area contributed by atoms with E-state index in [1.165, 1.54) is 18.5 Å². The molecule has 0 aliphatic carbocycles. The first kappa shape index (κ1) is 13.9. The molecule has 3 aromatic rings. The summed E-state index contributed by atoms with van der Waals surface area (Å²) in [6, 6.07) is 14.4. The van der Waals surface area contributed by atoms with Gasteiger partial charge >= 0.3 is 0 Å². The lowest BCUT2D eigenvalue weighted by atomic mass is 10.1. The molecule has 2 aromatic carbocycles. The topological polar surface area (TPSA) is 59.1 Å². The summed E-state index contributed by atoms with van der Waals surface area (Å²) in [5.41, 5.74) is 0.507. The SMILES string of the molecule is O=S(=O)(Nc1cccc2ccccc12)c1cnccc1Cl. The normalized spacial score (nSPS) is 11.5. The first-order valence-corrected chi connectivity index (χ1v) is 8.04. The van der Waals surface area contributed by atoms with Gasteiger partial charge in [0.25, 0.3) is 10.0 Å². The second-order valence-corrected chi connectivity index (χ2v) is 6.50. The maximum Gasteiger partial charge on any atom is 0.264 e. The molecule has 0 saturated heterocycles. The van der Waals surface area contributed by atoms with E-state index in [-0.39, 0.29) is 9.92 Å². The first-order valence-electron chi connectivity index (χ1n) is 6.18. The predicted molar refractivity (Wildman–Crippen MR) is 84.0 cm³/mol. The molecule has 1 N–H and O–H groups in total. The highest BCUT2D eigenvalue weighted by atomic mass is 35.5. The second kappa shape index (κ2) is 5.35. The van der Waals surface area contributed by atoms with Gasteiger partial charge in [0.2, 0.25) is 0 Å². The van der Waals surface area contributed by atoms with Crippen LogP contribution in [-0.2, 0) is 10.0 Å². The first-order chi connectivity index (χ1) is 10.1. The third-order valence-corrected chi connectivity index (χ3v) is 4.89. The molecule has 0 atom stereocenters. The van der Waals surface area contributed by atoms with Crippen molar-refractivity contribution in [2.45, 2.75) is 4.90 Å². The van der Waals surface area contributed by atoms with E-state index in [2.05, 4.69) is 9.71 Å². The Morgan fingerprint density at radius 1 is 1.00 bits per heavy atom. The number of nitrogens with zero attached hydrogens (tertiary/aromatic N) is 1. The van der Waals surface area contributed by atoms with Crippen LogP contribution < -0.4 is 4.72 Å². The van der Waals surface area contributed by atoms with Gasteiger partial charge in [0.05, 0.1) is 10.7 Å². The van der Waals surface area contributed by atoms with E-state index in [0.29, 0.717) is 5.69 Å². The summed E-state index contributed by atoms with van der Waals surface area (Å²) in [5.74, 6) is 0. The monoisotopic (exact) mass is 318 g/mol. The fourth-order valence-corrected chi connectivity index (χ4v) is 3.59. The van der Waals surface area contributed by atoms with Crippen LogP contribution >= 0.6 is 11.6 Å². The Morgan fingerprint density at radius 3 is 2.57 bits per heavy atom. The summed E-state index contributed by atoms with van der Waals surface area (Å²) in [6.45, 7) is 0. The van der Waals surface area contributed by atoms with Crippen LogP contribution in [0.3, 0.4) is 0 Å². The summed E-state index contributed by atoms with van der Waals surface area (Å²) in [6.07, 6.45) is 2.68. The average molecular weight is 319 g/mol. The smallest absolute Gasteiger partial charge is 0.264 e. The number of aromatic nitrogens is 1. The molecule has 0 radical (unpaired) electrons. The molecule has 0 fully saturated rings. The Kier molecular flexibility index (Phi) is 3.53. The quantitative estimate of drug-likeness (QED) is 0.801. The zero-order valence-corrected chi connectivity index (χ0v) is 12.4. The molecular formula is C15H11ClN2O2S. The van der Waals surface area contributed by atoms with Crippen molar-refractivity contribution in [1.82, 2.24) is 4.98 Å². The number of fused-ring (bicyclic) bond motifs is 1. The van der Waals surface area contributed by atoms with Crippen molar-refractivity contribution in [3.8, 4) is 0 Å². The number of halogens is 1. The minimum Gasteiger partial charge on any atom is -0.279 e. The Labute approximate surface area is 127 Å². The molecule has 0 unspecified atom stereocenters. The summed E-state index contributed by atoms with van der Waals surface area (Å²) in [5, 5.41) is 1.91. The Morgan fingerprint density at radius 2 is 1.76 bits per heavy atom. The van der Waals surface area contributed by atoms with Gasteiger partial charge in [-0.1, -0.05) is 48.0 Å². The molecule has 0 bridgehead atoms. The van der Waals surface area contributed by atoms with Crippen molar-refractivity contribution in [1.29, 1.82) is 0 Å². The molecule has 106 valence electrons. The summed E-state index contributed by atoms with van der Waals surface area (Å²) < 4.78 is 27.4. The molecule has 0 aliphatic rings. The van der Waals surface area contributed by atoms with Crippen LogP contribution in [-0.4, -0.2) is 13.4 Å². The molecule has 1 aromatic heterocycles. The van der Waals surface area contributed by atoms with Crippen LogP contribution in [0.2, 0.25) is 5.02 Å². The number of anilines is 1. The van der Waals surface area contributed by atoms with Crippen molar-refractivity contribution in [3.63, 3.8) is 0 Å². The van der Waals surface area contributed by atoms with Crippen LogP contribution in [0.25, 0.3) is 10.8 Å². The van der Waals surface area contributed by atoms with Crippen LogP contribution in [0, 0.1) is 0 Å². The van der Waals surface area contributed by atoms with Crippen molar-refractivity contribution >= 4 is 38.1 Å². The number of hydrogen-bond donors (Lipinski definition) is 1. The standard InChI is InChI=1S/C15H11ClN2O2S/c16-13-8-9-17-10-15(13)21(19,20)18-14-7-3-5-11-4-1-2-6-12(11)14/h1-10,18H. The molecule has 4 nitrogen and oxygen atoms in total. The summed E-state index contributed by atoms with van der Waals surface area (Å²) in [7, 11) is -3.78. The lowest BCUT2D eigenvalue weighted by Crippen LogP contribution is -2.14. The van der Waals surface area contributed by atoms with Gasteiger partial charge in [-0.05, 0) is 17.5 Å². The minimum absolute atomic E-state index is 0.0420. The minimum atomic E-state index is -3.78. The second-order valence-electron chi connectivity index (χ2n) is 4.44. The van der Waals surface area contributed by atoms with Crippen LogP contribution in [0.5, 0.6) is 0 Å². The molecule has 1 heterocycles. The van der Waals surface area contributed by atoms with Crippen molar-refractivity contribution in [2.24, 2.45) is 0 Å². The maximum atomic E-state index is 12.4. The number of hydrogen-bond acceptors (Lipinski definition) is 3. The van der Waals surface area contributed by atoms with Gasteiger partial charge in [0.15, 0.2) is 0 Å². The molecule has 0 amide bonds. The van der Waals surface area contributed by atoms with E-state index in [0.717, 1.165) is 10.8 Å². The van der Waals surface area contributed by atoms with Gasteiger partial charge in [-0.3, -0.25) is 9.71 Å². The van der Waals surface area contributed by atoms with Crippen LogP contribution in [0.1, 0.15) is 0 Å². The molecule has 0 spiro atoms. The third kappa shape index (κ3) is 2.70. The fourth-order valence-electron chi connectivity index (χ4n) is 2.07. The van der Waals surface area contributed by atoms with E-state index >= 15 is 0 Å². The Hall–Kier alpha value is -2.11. The lowest BCUT2D eigenvalue weighted by Gasteiger charge is -2.11. The highest BCUT2D eigenvalue weighted by molar-refractivity contribution is 7.92. The van der Waals surface area contributed by atoms with Gasteiger partial charge in [0.1, 0.15) is 4.90 Å². The fraction of sp³-hybridized carbons (Fsp3) is 0. The largest absolute Gasteiger partial charge is 0.279 e. The zero-order valence-electron chi connectivity index (χ0n) is 10.8. The van der Waals surface area contributed by atoms with Crippen LogP contribution in [0.15, 0.2) is 65.8 Å². The van der Waals surface area contributed by atoms with Gasteiger partial charge < -0.3 is 0 Å². The predicted octanol–water partition coefficient (Wildman–Crippen LogP) is 3.69. The summed E-state index contributed by atoms with van der Waals surface area (Å²) >= 11 is 5.93. The average Bonchev–Trinajstić information content (AvgIpc) is 2.47. The maximum absolute atomic E-state index is 12.4. The van der Waals surface area contributed by atoms with E-state index in [1.807, 2.05) is 30.3 Å². The number of sulfonamides is 1. The van der Waals surface area contributed by atoms with E-state index < -0.39 is 10.0 Å². The van der Waals surface area contributed by atoms with Gasteiger partial charge in [0, 0.05) is 17.8 Å². The van der Waals surface area contributed by atoms with E-state index in [9.17, 15) is 8.42 Å². The molecule has 0 saturated carbocycles. The summed E-state index contributed by atoms with van der Waals surface area (Å²) in [4.78, 5) is 3.77. The van der Waals surface area contributed by atoms with E-state index in [1.54, 1.807) is 12.1 Å². The van der Waals surface area contributed by atoms with Crippen LogP contribution in [0.4, 0.5) is 5.69 Å². The Bertz CT molecular complexity index is 905. The number of benzene rings is 2. The zero-order chi connectivity index (χ0) is 14.9. The number of nitrogens with one attached hydrogen (secondary N) is 1. The van der Waals surface area contributed by atoms with Crippen molar-refractivity contribution in [2.75, 3.05) is 4.72 Å². The molecular weight excluding hydrogens is 308 g/mol. The van der Waals surface area contributed by atoms with Gasteiger partial charge in [-0.25, -0.2) is 8.42 Å². The molecule has 21 heavy (non-hydrogen) atoms. The highest BCUT2D eigenvalue weighted by Crippen LogP contribution is 2.27.